The molecular weight excluding hydrogens is 206 g/mol. The van der Waals surface area contributed by atoms with Gasteiger partial charge in [-0.05, 0) is 39.5 Å². The van der Waals surface area contributed by atoms with E-state index in [9.17, 15) is 4.79 Å². The third kappa shape index (κ3) is 5.95. The monoisotopic (exact) mass is 229 g/mol. The normalized spacial score (nSPS) is 18.2. The molecule has 1 N–H and O–H groups in total. The van der Waals surface area contributed by atoms with Crippen LogP contribution in [0.2, 0.25) is 0 Å². The summed E-state index contributed by atoms with van der Waals surface area (Å²) in [6.45, 7) is 6.08. The van der Waals surface area contributed by atoms with Gasteiger partial charge < -0.3 is 4.74 Å². The molecule has 0 atom stereocenters. The predicted molar refractivity (Wildman–Crippen MR) is 61.9 cm³/mol. The van der Waals surface area contributed by atoms with Gasteiger partial charge in [-0.3, -0.25) is 4.84 Å². The fourth-order valence-electron chi connectivity index (χ4n) is 1.87. The topological polar surface area (TPSA) is 47.6 Å². The minimum atomic E-state index is -0.511. The van der Waals surface area contributed by atoms with E-state index < -0.39 is 11.7 Å². The van der Waals surface area contributed by atoms with Crippen molar-refractivity contribution in [1.82, 2.24) is 5.48 Å². The molecule has 0 radical (unpaired) electrons. The largest absolute Gasteiger partial charge is 0.442 e. The highest BCUT2D eigenvalue weighted by Crippen LogP contribution is 2.23. The molecule has 0 bridgehead atoms. The van der Waals surface area contributed by atoms with Gasteiger partial charge in [-0.25, -0.2) is 4.79 Å². The van der Waals surface area contributed by atoms with Gasteiger partial charge in [0, 0.05) is 0 Å². The fourth-order valence-corrected chi connectivity index (χ4v) is 1.87. The zero-order valence-corrected chi connectivity index (χ0v) is 10.5. The summed E-state index contributed by atoms with van der Waals surface area (Å²) in [5, 5.41) is 0. The van der Waals surface area contributed by atoms with Crippen LogP contribution in [-0.4, -0.2) is 18.3 Å². The van der Waals surface area contributed by atoms with Gasteiger partial charge in [0.1, 0.15) is 5.60 Å². The molecule has 94 valence electrons. The van der Waals surface area contributed by atoms with Gasteiger partial charge in [-0.2, -0.15) is 5.48 Å². The lowest BCUT2D eigenvalue weighted by Crippen LogP contribution is -2.33. The van der Waals surface area contributed by atoms with E-state index in [0.29, 0.717) is 12.5 Å². The summed E-state index contributed by atoms with van der Waals surface area (Å²) in [5.74, 6) is 0.587. The van der Waals surface area contributed by atoms with Crippen molar-refractivity contribution in [3.8, 4) is 0 Å². The third-order valence-electron chi connectivity index (χ3n) is 2.60. The standard InChI is InChI=1S/C12H23NO3/c1-12(2,3)16-11(14)13-15-9-10-7-5-4-6-8-10/h10H,4-9H2,1-3H3,(H,13,14). The molecule has 1 aliphatic carbocycles. The SMILES string of the molecule is CC(C)(C)OC(=O)NOCC1CCCCC1. The van der Waals surface area contributed by atoms with E-state index in [1.165, 1.54) is 32.1 Å². The van der Waals surface area contributed by atoms with Crippen molar-refractivity contribution in [2.45, 2.75) is 58.5 Å². The second-order valence-corrected chi connectivity index (χ2v) is 5.42. The Morgan fingerprint density at radius 1 is 1.25 bits per heavy atom. The third-order valence-corrected chi connectivity index (χ3v) is 2.60. The molecule has 0 heterocycles. The predicted octanol–water partition coefficient (Wildman–Crippen LogP) is 3.02. The summed E-state index contributed by atoms with van der Waals surface area (Å²) in [5.41, 5.74) is 1.85. The Kier molecular flexibility index (Phi) is 5.06. The molecule has 1 saturated carbocycles. The molecular formula is C12H23NO3. The minimum absolute atomic E-state index is 0.474. The van der Waals surface area contributed by atoms with Gasteiger partial charge in [-0.1, -0.05) is 19.3 Å². The van der Waals surface area contributed by atoms with Crippen LogP contribution in [0.4, 0.5) is 4.79 Å². The number of carbonyl (C=O) groups excluding carboxylic acids is 1. The fraction of sp³-hybridized carbons (Fsp3) is 0.917. The van der Waals surface area contributed by atoms with E-state index >= 15 is 0 Å². The maximum Gasteiger partial charge on any atom is 0.431 e. The highest BCUT2D eigenvalue weighted by molar-refractivity contribution is 5.66. The summed E-state index contributed by atoms with van der Waals surface area (Å²) < 4.78 is 5.05. The van der Waals surface area contributed by atoms with Crippen molar-refractivity contribution < 1.29 is 14.4 Å². The Labute approximate surface area is 97.6 Å². The van der Waals surface area contributed by atoms with Crippen LogP contribution in [0.1, 0.15) is 52.9 Å². The van der Waals surface area contributed by atoms with Gasteiger partial charge >= 0.3 is 6.09 Å². The van der Waals surface area contributed by atoms with Crippen LogP contribution in [0, 0.1) is 5.92 Å². The number of ether oxygens (including phenoxy) is 1. The van der Waals surface area contributed by atoms with E-state index in [1.807, 2.05) is 20.8 Å². The van der Waals surface area contributed by atoms with Gasteiger partial charge in [-0.15, -0.1) is 0 Å². The van der Waals surface area contributed by atoms with Gasteiger partial charge in [0.2, 0.25) is 0 Å². The van der Waals surface area contributed by atoms with Crippen molar-refractivity contribution in [2.75, 3.05) is 6.61 Å². The Morgan fingerprint density at radius 3 is 2.44 bits per heavy atom. The first-order valence-electron chi connectivity index (χ1n) is 6.08. The van der Waals surface area contributed by atoms with Crippen molar-refractivity contribution in [3.05, 3.63) is 0 Å². The molecule has 4 nitrogen and oxygen atoms in total. The lowest BCUT2D eigenvalue weighted by atomic mass is 9.90. The average molecular weight is 229 g/mol. The number of rotatable bonds is 3. The molecule has 4 heteroatoms. The number of carbonyl (C=O) groups is 1. The first-order valence-corrected chi connectivity index (χ1v) is 6.08. The van der Waals surface area contributed by atoms with E-state index in [0.717, 1.165) is 0 Å². The molecule has 16 heavy (non-hydrogen) atoms. The lowest BCUT2D eigenvalue weighted by Gasteiger charge is -2.22. The Balaban J connectivity index is 2.08. The molecule has 0 saturated heterocycles. The van der Waals surface area contributed by atoms with Crippen LogP contribution in [0.3, 0.4) is 0 Å². The lowest BCUT2D eigenvalue weighted by molar-refractivity contribution is -0.0211. The number of hydrogen-bond acceptors (Lipinski definition) is 3. The molecule has 0 aromatic carbocycles. The van der Waals surface area contributed by atoms with Crippen LogP contribution >= 0.6 is 0 Å². The first-order chi connectivity index (χ1) is 7.47. The average Bonchev–Trinajstić information content (AvgIpc) is 2.16. The number of nitrogens with one attached hydrogen (secondary N) is 1. The molecule has 0 unspecified atom stereocenters. The van der Waals surface area contributed by atoms with Crippen molar-refractivity contribution in [1.29, 1.82) is 0 Å². The maximum atomic E-state index is 11.2. The van der Waals surface area contributed by atoms with Crippen molar-refractivity contribution in [3.63, 3.8) is 0 Å². The summed E-state index contributed by atoms with van der Waals surface area (Å²) in [7, 11) is 0. The Morgan fingerprint density at radius 2 is 1.88 bits per heavy atom. The van der Waals surface area contributed by atoms with Crippen molar-refractivity contribution >= 4 is 6.09 Å². The van der Waals surface area contributed by atoms with E-state index in [2.05, 4.69) is 5.48 Å². The van der Waals surface area contributed by atoms with Crippen molar-refractivity contribution in [2.24, 2.45) is 5.92 Å². The molecule has 1 rings (SSSR count). The Bertz CT molecular complexity index is 217. The van der Waals surface area contributed by atoms with Gasteiger partial charge in [0.25, 0.3) is 0 Å². The molecule has 1 aliphatic rings. The molecule has 1 fully saturated rings. The molecule has 1 amide bonds. The minimum Gasteiger partial charge on any atom is -0.442 e. The summed E-state index contributed by atoms with van der Waals surface area (Å²) in [6, 6.07) is 0. The Hall–Kier alpha value is -0.770. The zero-order valence-electron chi connectivity index (χ0n) is 10.5. The summed E-state index contributed by atoms with van der Waals surface area (Å²) in [6.07, 6.45) is 5.78. The van der Waals surface area contributed by atoms with Crippen LogP contribution in [0.25, 0.3) is 0 Å². The summed E-state index contributed by atoms with van der Waals surface area (Å²) in [4.78, 5) is 16.4. The number of amides is 1. The van der Waals surface area contributed by atoms with Crippen LogP contribution in [0.15, 0.2) is 0 Å². The van der Waals surface area contributed by atoms with Gasteiger partial charge in [0.05, 0.1) is 6.61 Å². The second-order valence-electron chi connectivity index (χ2n) is 5.42. The van der Waals surface area contributed by atoms with E-state index in [-0.39, 0.29) is 0 Å². The maximum absolute atomic E-state index is 11.2. The molecule has 0 aromatic heterocycles. The molecule has 0 spiro atoms. The quantitative estimate of drug-likeness (QED) is 0.757. The van der Waals surface area contributed by atoms with Gasteiger partial charge in [0.15, 0.2) is 0 Å². The second kappa shape index (κ2) is 6.09. The summed E-state index contributed by atoms with van der Waals surface area (Å²) >= 11 is 0. The number of hydrogen-bond donors (Lipinski definition) is 1. The van der Waals surface area contributed by atoms with Crippen LogP contribution in [0.5, 0.6) is 0 Å². The highest BCUT2D eigenvalue weighted by Gasteiger charge is 2.17. The van der Waals surface area contributed by atoms with E-state index in [4.69, 9.17) is 9.57 Å². The van der Waals surface area contributed by atoms with E-state index in [1.54, 1.807) is 0 Å². The zero-order chi connectivity index (χ0) is 12.0. The molecule has 0 aromatic rings. The molecule has 0 aliphatic heterocycles. The van der Waals surface area contributed by atoms with Crippen LogP contribution in [-0.2, 0) is 9.57 Å². The first kappa shape index (κ1) is 13.3. The smallest absolute Gasteiger partial charge is 0.431 e. The van der Waals surface area contributed by atoms with Crippen LogP contribution < -0.4 is 5.48 Å². The number of hydroxylamine groups is 1. The highest BCUT2D eigenvalue weighted by atomic mass is 16.7.